The third-order valence-electron chi connectivity index (χ3n) is 8.05. The van der Waals surface area contributed by atoms with Crippen LogP contribution in [0.3, 0.4) is 0 Å². The summed E-state index contributed by atoms with van der Waals surface area (Å²) in [5.74, 6) is 1.37. The largest absolute Gasteiger partial charge is 0.433 e. The summed E-state index contributed by atoms with van der Waals surface area (Å²) in [5.41, 5.74) is 2.03. The molecule has 2 aliphatic rings. The minimum atomic E-state index is -4.59. The van der Waals surface area contributed by atoms with E-state index < -0.39 is 11.9 Å². The molecule has 0 aliphatic heterocycles. The van der Waals surface area contributed by atoms with Gasteiger partial charge in [-0.3, -0.25) is 5.10 Å². The molecule has 200 valence electrons. The first-order valence-corrected chi connectivity index (χ1v) is 13.1. The van der Waals surface area contributed by atoms with Gasteiger partial charge in [0.15, 0.2) is 0 Å². The van der Waals surface area contributed by atoms with Crippen molar-refractivity contribution < 1.29 is 18.3 Å². The molecule has 2 aliphatic carbocycles. The summed E-state index contributed by atoms with van der Waals surface area (Å²) in [6.45, 7) is 0.148. The van der Waals surface area contributed by atoms with Gasteiger partial charge in [0.2, 0.25) is 0 Å². The van der Waals surface area contributed by atoms with Crippen LogP contribution in [0.15, 0.2) is 36.7 Å². The topological polar surface area (TPSA) is 105 Å². The van der Waals surface area contributed by atoms with Crippen molar-refractivity contribution in [3.05, 3.63) is 59.4 Å². The lowest BCUT2D eigenvalue weighted by molar-refractivity contribution is -0.141. The van der Waals surface area contributed by atoms with E-state index in [1.807, 2.05) is 35.9 Å². The summed E-state index contributed by atoms with van der Waals surface area (Å²) in [6.07, 6.45) is 2.14. The van der Waals surface area contributed by atoms with Gasteiger partial charge in [0.1, 0.15) is 23.5 Å². The average Bonchev–Trinajstić information content (AvgIpc) is 3.59. The Morgan fingerprint density at radius 1 is 1.18 bits per heavy atom. The zero-order valence-corrected chi connectivity index (χ0v) is 21.0. The minimum absolute atomic E-state index is 0.0412. The number of nitrogens with zero attached hydrogens (tertiary/aromatic N) is 5. The van der Waals surface area contributed by atoms with Crippen LogP contribution in [0.1, 0.15) is 67.2 Å². The van der Waals surface area contributed by atoms with E-state index >= 15 is 0 Å². The zero-order chi connectivity index (χ0) is 26.4. The molecule has 2 fully saturated rings. The summed E-state index contributed by atoms with van der Waals surface area (Å²) in [6, 6.07) is 8.98. The number of aryl methyl sites for hydroxylation is 1. The van der Waals surface area contributed by atoms with Gasteiger partial charge in [0.25, 0.3) is 0 Å². The molecule has 0 spiro atoms. The van der Waals surface area contributed by atoms with E-state index in [1.54, 1.807) is 6.33 Å². The maximum Gasteiger partial charge on any atom is 0.433 e. The van der Waals surface area contributed by atoms with Crippen molar-refractivity contribution in [2.75, 3.05) is 0 Å². The molecule has 3 atom stereocenters. The summed E-state index contributed by atoms with van der Waals surface area (Å²) >= 11 is 0. The van der Waals surface area contributed by atoms with Crippen LogP contribution in [-0.2, 0) is 19.8 Å². The average molecular weight is 526 g/mol. The lowest BCUT2D eigenvalue weighted by atomic mass is 9.72. The Bertz CT molecular complexity index is 1440. The number of rotatable bonds is 7. The second-order valence-corrected chi connectivity index (χ2v) is 10.6. The Hall–Kier alpha value is -3.31. The third-order valence-corrected chi connectivity index (χ3v) is 8.05. The molecule has 11 heteroatoms. The Kier molecular flexibility index (Phi) is 6.43. The number of hydrogen-bond acceptors (Lipinski definition) is 6. The van der Waals surface area contributed by atoms with Crippen molar-refractivity contribution >= 4 is 10.9 Å². The fourth-order valence-corrected chi connectivity index (χ4v) is 5.82. The summed E-state index contributed by atoms with van der Waals surface area (Å²) in [5, 5.41) is 29.3. The number of aliphatic hydroxyl groups is 1. The number of halogens is 3. The Morgan fingerprint density at radius 3 is 2.68 bits per heavy atom. The fourth-order valence-electron chi connectivity index (χ4n) is 5.82. The minimum Gasteiger partial charge on any atom is -0.393 e. The van der Waals surface area contributed by atoms with E-state index in [1.165, 1.54) is 6.42 Å². The monoisotopic (exact) mass is 525 g/mol. The molecule has 4 aromatic rings. The van der Waals surface area contributed by atoms with E-state index in [0.717, 1.165) is 42.3 Å². The highest BCUT2D eigenvalue weighted by molar-refractivity contribution is 5.94. The van der Waals surface area contributed by atoms with Crippen LogP contribution in [-0.4, -0.2) is 47.2 Å². The van der Waals surface area contributed by atoms with Crippen LogP contribution in [0.25, 0.3) is 22.2 Å². The molecule has 3 aromatic heterocycles. The zero-order valence-electron chi connectivity index (χ0n) is 21.0. The smallest absolute Gasteiger partial charge is 0.393 e. The van der Waals surface area contributed by atoms with Crippen LogP contribution in [0.2, 0.25) is 0 Å². The normalized spacial score (nSPS) is 21.2. The van der Waals surface area contributed by atoms with E-state index in [2.05, 4.69) is 30.7 Å². The van der Waals surface area contributed by atoms with Gasteiger partial charge >= 0.3 is 6.18 Å². The predicted octanol–water partition coefficient (Wildman–Crippen LogP) is 4.71. The van der Waals surface area contributed by atoms with Gasteiger partial charge in [-0.1, -0.05) is 24.6 Å². The van der Waals surface area contributed by atoms with Gasteiger partial charge < -0.3 is 15.0 Å². The van der Waals surface area contributed by atoms with Crippen molar-refractivity contribution in [2.45, 2.75) is 69.3 Å². The molecule has 0 bridgehead atoms. The number of H-pyrrole nitrogens is 1. The molecule has 38 heavy (non-hydrogen) atoms. The lowest BCUT2D eigenvalue weighted by Gasteiger charge is -2.33. The summed E-state index contributed by atoms with van der Waals surface area (Å²) in [4.78, 5) is 3.95. The third kappa shape index (κ3) is 4.69. The molecular weight excluding hydrogens is 495 g/mol. The highest BCUT2D eigenvalue weighted by Crippen LogP contribution is 2.43. The van der Waals surface area contributed by atoms with Crippen molar-refractivity contribution in [1.29, 1.82) is 0 Å². The predicted molar refractivity (Wildman–Crippen MR) is 135 cm³/mol. The fraction of sp³-hybridized carbons (Fsp3) is 0.481. The van der Waals surface area contributed by atoms with E-state index in [4.69, 9.17) is 0 Å². The van der Waals surface area contributed by atoms with Gasteiger partial charge in [-0.15, -0.1) is 10.2 Å². The van der Waals surface area contributed by atoms with Gasteiger partial charge in [0.05, 0.1) is 17.3 Å². The molecule has 3 unspecified atom stereocenters. The second kappa shape index (κ2) is 9.77. The number of benzene rings is 1. The first kappa shape index (κ1) is 25.0. The summed E-state index contributed by atoms with van der Waals surface area (Å²) < 4.78 is 43.5. The molecule has 0 saturated heterocycles. The lowest BCUT2D eigenvalue weighted by Crippen LogP contribution is -2.27. The molecule has 2 saturated carbocycles. The van der Waals surface area contributed by atoms with Crippen molar-refractivity contribution in [3.8, 4) is 11.3 Å². The molecule has 1 aromatic carbocycles. The van der Waals surface area contributed by atoms with Crippen LogP contribution in [0, 0.1) is 5.92 Å². The number of aliphatic hydroxyl groups excluding tert-OH is 1. The molecule has 6 rings (SSSR count). The second-order valence-electron chi connectivity index (χ2n) is 10.6. The highest BCUT2D eigenvalue weighted by Gasteiger charge is 2.35. The molecule has 3 N–H and O–H groups in total. The van der Waals surface area contributed by atoms with Crippen molar-refractivity contribution in [3.63, 3.8) is 0 Å². The number of aromatic nitrogens is 6. The first-order valence-electron chi connectivity index (χ1n) is 13.1. The number of fused-ring (bicyclic) bond motifs is 1. The Labute approximate surface area is 217 Å². The maximum absolute atomic E-state index is 13.9. The molecule has 8 nitrogen and oxygen atoms in total. The van der Waals surface area contributed by atoms with Crippen LogP contribution in [0.5, 0.6) is 0 Å². The van der Waals surface area contributed by atoms with Crippen molar-refractivity contribution in [2.24, 2.45) is 13.0 Å². The Balaban J connectivity index is 1.39. The molecule has 0 amide bonds. The first-order chi connectivity index (χ1) is 18.3. The Morgan fingerprint density at radius 2 is 2.03 bits per heavy atom. The van der Waals surface area contributed by atoms with E-state index in [0.29, 0.717) is 35.4 Å². The van der Waals surface area contributed by atoms with Crippen molar-refractivity contribution in [1.82, 2.24) is 35.3 Å². The van der Waals surface area contributed by atoms with Crippen LogP contribution in [0.4, 0.5) is 13.2 Å². The number of pyridine rings is 1. The van der Waals surface area contributed by atoms with Gasteiger partial charge in [-0.2, -0.15) is 18.3 Å². The summed E-state index contributed by atoms with van der Waals surface area (Å²) in [7, 11) is 1.93. The molecule has 0 radical (unpaired) electrons. The SMILES string of the molecule is Cn1cnnc1C(c1cccc(-c2n[nH]c3c(CNC4CCC(O)C4)nc(C(F)(F)F)cc23)c1)C1CCC1. The molecular formula is C27H30F3N7O. The van der Waals surface area contributed by atoms with Gasteiger partial charge in [-0.05, 0) is 55.7 Å². The van der Waals surface area contributed by atoms with E-state index in [-0.39, 0.29) is 30.3 Å². The number of aromatic amines is 1. The number of hydrogen-bond donors (Lipinski definition) is 3. The number of nitrogens with one attached hydrogen (secondary N) is 2. The van der Waals surface area contributed by atoms with Crippen LogP contribution < -0.4 is 5.32 Å². The van der Waals surface area contributed by atoms with Crippen LogP contribution >= 0.6 is 0 Å². The highest BCUT2D eigenvalue weighted by atomic mass is 19.4. The molecule has 3 heterocycles. The van der Waals surface area contributed by atoms with Gasteiger partial charge in [0, 0.05) is 36.5 Å². The quantitative estimate of drug-likeness (QED) is 0.323. The standard InChI is InChI=1S/C27H30F3N7O/c1-37-14-32-36-26(37)23(15-4-2-5-15)16-6-3-7-17(10-16)24-20-12-22(27(28,29)30)33-21(25(20)35-34-24)13-31-18-8-9-19(38)11-18/h3,6-7,10,12,14-15,18-19,23,31,38H,2,4-5,8-9,11,13H2,1H3,(H,34,35). The van der Waals surface area contributed by atoms with E-state index in [9.17, 15) is 18.3 Å². The number of alkyl halides is 3. The van der Waals surface area contributed by atoms with Gasteiger partial charge in [-0.25, -0.2) is 4.98 Å². The maximum atomic E-state index is 13.9.